The largest absolute Gasteiger partial charge is 0.279 e. The summed E-state index contributed by atoms with van der Waals surface area (Å²) in [7, 11) is -3.32. The van der Waals surface area contributed by atoms with Crippen LogP contribution in [0.5, 0.6) is 0 Å². The monoisotopic (exact) mass is 450 g/mol. The lowest BCUT2D eigenvalue weighted by molar-refractivity contribution is 0.0985. The average Bonchev–Trinajstić information content (AvgIpc) is 3.16. The second kappa shape index (κ2) is 8.24. The molecule has 1 heterocycles. The van der Waals surface area contributed by atoms with E-state index in [-0.39, 0.29) is 10.8 Å². The SMILES string of the molecule is Cc1ccc(C(=O)N(Cc2ccccc2)c2nc3ccc(S(C)(=O)=O)cc3s2)cc1C. The van der Waals surface area contributed by atoms with Gasteiger partial charge in [0.05, 0.1) is 21.7 Å². The van der Waals surface area contributed by atoms with Crippen molar-refractivity contribution in [2.24, 2.45) is 0 Å². The van der Waals surface area contributed by atoms with Gasteiger partial charge in [-0.25, -0.2) is 13.4 Å². The minimum Gasteiger partial charge on any atom is -0.279 e. The molecule has 0 radical (unpaired) electrons. The van der Waals surface area contributed by atoms with Crippen LogP contribution in [-0.4, -0.2) is 25.6 Å². The number of nitrogens with zero attached hydrogens (tertiary/aromatic N) is 2. The van der Waals surface area contributed by atoms with Crippen molar-refractivity contribution in [2.75, 3.05) is 11.2 Å². The number of benzene rings is 3. The van der Waals surface area contributed by atoms with Crippen LogP contribution in [0.25, 0.3) is 10.2 Å². The molecule has 0 saturated carbocycles. The molecule has 0 spiro atoms. The minimum absolute atomic E-state index is 0.144. The van der Waals surface area contributed by atoms with Gasteiger partial charge >= 0.3 is 0 Å². The molecule has 0 saturated heterocycles. The van der Waals surface area contributed by atoms with Crippen LogP contribution in [0.4, 0.5) is 5.13 Å². The van der Waals surface area contributed by atoms with Gasteiger partial charge in [-0.1, -0.05) is 47.7 Å². The maximum Gasteiger partial charge on any atom is 0.260 e. The van der Waals surface area contributed by atoms with Crippen molar-refractivity contribution in [1.82, 2.24) is 4.98 Å². The van der Waals surface area contributed by atoms with Gasteiger partial charge in [0.15, 0.2) is 15.0 Å². The van der Waals surface area contributed by atoms with Crippen molar-refractivity contribution >= 4 is 42.4 Å². The molecule has 0 atom stereocenters. The van der Waals surface area contributed by atoms with Crippen molar-refractivity contribution in [2.45, 2.75) is 25.3 Å². The Morgan fingerprint density at radius 1 is 0.968 bits per heavy atom. The molecule has 1 amide bonds. The highest BCUT2D eigenvalue weighted by Crippen LogP contribution is 2.32. The van der Waals surface area contributed by atoms with E-state index in [1.807, 2.05) is 62.4 Å². The standard InChI is InChI=1S/C24H22N2O3S2/c1-16-9-10-19(13-17(16)2)23(27)26(15-18-7-5-4-6-8-18)24-25-21-12-11-20(31(3,28)29)14-22(21)30-24/h4-14H,15H2,1-3H3. The van der Waals surface area contributed by atoms with Crippen LogP contribution in [0, 0.1) is 13.8 Å². The smallest absolute Gasteiger partial charge is 0.260 e. The molecule has 3 aromatic carbocycles. The third-order valence-electron chi connectivity index (χ3n) is 5.19. The number of thiazole rings is 1. The number of rotatable bonds is 5. The molecule has 31 heavy (non-hydrogen) atoms. The van der Waals surface area contributed by atoms with Crippen LogP contribution in [0.15, 0.2) is 71.6 Å². The molecule has 0 N–H and O–H groups in total. The molecule has 158 valence electrons. The number of fused-ring (bicyclic) bond motifs is 1. The fourth-order valence-electron chi connectivity index (χ4n) is 3.26. The van der Waals surface area contributed by atoms with E-state index < -0.39 is 9.84 Å². The summed E-state index contributed by atoms with van der Waals surface area (Å²) >= 11 is 1.31. The average molecular weight is 451 g/mol. The Kier molecular flexibility index (Phi) is 5.64. The maximum atomic E-state index is 13.5. The lowest BCUT2D eigenvalue weighted by Gasteiger charge is -2.20. The third-order valence-corrected chi connectivity index (χ3v) is 7.34. The van der Waals surface area contributed by atoms with E-state index in [2.05, 4.69) is 4.98 Å². The summed E-state index contributed by atoms with van der Waals surface area (Å²) in [5.41, 5.74) is 4.41. The zero-order chi connectivity index (χ0) is 22.2. The molecule has 5 nitrogen and oxygen atoms in total. The Labute approximate surface area is 185 Å². The van der Waals surface area contributed by atoms with Gasteiger partial charge in [0.25, 0.3) is 5.91 Å². The van der Waals surface area contributed by atoms with E-state index in [0.29, 0.717) is 22.8 Å². The Morgan fingerprint density at radius 2 is 1.71 bits per heavy atom. The van der Waals surface area contributed by atoms with Gasteiger partial charge in [-0.2, -0.15) is 0 Å². The number of amides is 1. The van der Waals surface area contributed by atoms with Crippen LogP contribution in [0.2, 0.25) is 0 Å². The number of anilines is 1. The normalized spacial score (nSPS) is 11.6. The number of aromatic nitrogens is 1. The first-order valence-corrected chi connectivity index (χ1v) is 12.5. The summed E-state index contributed by atoms with van der Waals surface area (Å²) in [5.74, 6) is -0.144. The van der Waals surface area contributed by atoms with E-state index in [0.717, 1.165) is 21.4 Å². The quantitative estimate of drug-likeness (QED) is 0.421. The fourth-order valence-corrected chi connectivity index (χ4v) is 4.99. The van der Waals surface area contributed by atoms with Gasteiger partial charge in [0, 0.05) is 11.8 Å². The van der Waals surface area contributed by atoms with Crippen LogP contribution < -0.4 is 4.90 Å². The molecule has 0 aliphatic rings. The zero-order valence-electron chi connectivity index (χ0n) is 17.5. The molecule has 0 bridgehead atoms. The van der Waals surface area contributed by atoms with Gasteiger partial charge in [-0.15, -0.1) is 0 Å². The van der Waals surface area contributed by atoms with Crippen molar-refractivity contribution in [3.8, 4) is 0 Å². The first kappa shape index (κ1) is 21.2. The molecular weight excluding hydrogens is 428 g/mol. The van der Waals surface area contributed by atoms with Gasteiger partial charge < -0.3 is 0 Å². The Balaban J connectivity index is 1.80. The van der Waals surface area contributed by atoms with E-state index >= 15 is 0 Å². The lowest BCUT2D eigenvalue weighted by atomic mass is 10.1. The van der Waals surface area contributed by atoms with Crippen LogP contribution in [0.1, 0.15) is 27.0 Å². The first-order chi connectivity index (χ1) is 14.7. The predicted octanol–water partition coefficient (Wildman–Crippen LogP) is 5.16. The molecule has 4 aromatic rings. The highest BCUT2D eigenvalue weighted by atomic mass is 32.2. The number of sulfone groups is 1. The highest BCUT2D eigenvalue weighted by Gasteiger charge is 2.22. The van der Waals surface area contributed by atoms with E-state index in [4.69, 9.17) is 0 Å². The van der Waals surface area contributed by atoms with Crippen molar-refractivity contribution in [1.29, 1.82) is 0 Å². The molecule has 7 heteroatoms. The maximum absolute atomic E-state index is 13.5. The Hall–Kier alpha value is -3.03. The number of carbonyl (C=O) groups is 1. The highest BCUT2D eigenvalue weighted by molar-refractivity contribution is 7.90. The molecular formula is C24H22N2O3S2. The van der Waals surface area contributed by atoms with Gasteiger partial charge in [0.1, 0.15) is 0 Å². The summed E-state index contributed by atoms with van der Waals surface area (Å²) in [6.45, 7) is 4.36. The van der Waals surface area contributed by atoms with Crippen molar-refractivity contribution in [3.63, 3.8) is 0 Å². The van der Waals surface area contributed by atoms with Crippen LogP contribution >= 0.6 is 11.3 Å². The Bertz CT molecular complexity index is 1380. The van der Waals surface area contributed by atoms with Gasteiger partial charge in [-0.05, 0) is 60.9 Å². The van der Waals surface area contributed by atoms with E-state index in [1.54, 1.807) is 23.1 Å². The van der Waals surface area contributed by atoms with Crippen molar-refractivity contribution in [3.05, 3.63) is 89.0 Å². The molecule has 0 fully saturated rings. The first-order valence-electron chi connectivity index (χ1n) is 9.76. The third kappa shape index (κ3) is 4.52. The summed E-state index contributed by atoms with van der Waals surface area (Å²) in [6, 6.07) is 20.3. The summed E-state index contributed by atoms with van der Waals surface area (Å²) < 4.78 is 24.6. The summed E-state index contributed by atoms with van der Waals surface area (Å²) in [4.78, 5) is 20.1. The van der Waals surface area contributed by atoms with E-state index in [1.165, 1.54) is 17.6 Å². The number of hydrogen-bond donors (Lipinski definition) is 0. The minimum atomic E-state index is -3.32. The van der Waals surface area contributed by atoms with Gasteiger partial charge in [0.2, 0.25) is 0 Å². The number of aryl methyl sites for hydroxylation is 2. The summed E-state index contributed by atoms with van der Waals surface area (Å²) in [6.07, 6.45) is 1.18. The topological polar surface area (TPSA) is 67.3 Å². The van der Waals surface area contributed by atoms with Crippen molar-refractivity contribution < 1.29 is 13.2 Å². The second-order valence-electron chi connectivity index (χ2n) is 7.57. The lowest BCUT2D eigenvalue weighted by Crippen LogP contribution is -2.30. The second-order valence-corrected chi connectivity index (χ2v) is 10.6. The van der Waals surface area contributed by atoms with Crippen LogP contribution in [0.3, 0.4) is 0 Å². The number of carbonyl (C=O) groups excluding carboxylic acids is 1. The molecule has 4 rings (SSSR count). The Morgan fingerprint density at radius 3 is 2.39 bits per heavy atom. The molecule has 1 aromatic heterocycles. The zero-order valence-corrected chi connectivity index (χ0v) is 19.1. The molecule has 0 aliphatic carbocycles. The molecule has 0 unspecified atom stereocenters. The van der Waals surface area contributed by atoms with E-state index in [9.17, 15) is 13.2 Å². The van der Waals surface area contributed by atoms with Crippen LogP contribution in [-0.2, 0) is 16.4 Å². The summed E-state index contributed by atoms with van der Waals surface area (Å²) in [5, 5.41) is 0.535. The number of hydrogen-bond acceptors (Lipinski definition) is 5. The fraction of sp³-hybridized carbons (Fsp3) is 0.167. The van der Waals surface area contributed by atoms with Gasteiger partial charge in [-0.3, -0.25) is 9.69 Å². The predicted molar refractivity (Wildman–Crippen MR) is 126 cm³/mol. The molecule has 0 aliphatic heterocycles.